The molecule has 2 fully saturated rings. The molecule has 9 amide bonds. The summed E-state index contributed by atoms with van der Waals surface area (Å²) in [4.78, 5) is 145. The van der Waals surface area contributed by atoms with E-state index in [1.165, 1.54) is 4.72 Å². The molecule has 83 heavy (non-hydrogen) atoms. The Morgan fingerprint density at radius 3 is 1.24 bits per heavy atom. The van der Waals surface area contributed by atoms with Gasteiger partial charge in [-0.15, -0.1) is 0 Å². The Morgan fingerprint density at radius 1 is 0.506 bits per heavy atom. The SMILES string of the molecule is NCCCC[C@H](NNC(=O)CCCCCN1C(=O)CC(C(=O)[C@H](CS)NS(=O)(=O)C(F)(F)F)C1=O)C(=O)N[C@@H](CCCCN)C(=O)N[C@@H](CCCCN)C(=O)NC(=O)CCCCCN1C(=O)CC(C(=O)[C@H](CS)NS(=O)(=O)C(F)(F)F)C1=O. The number of unbranched alkanes of at least 4 members (excludes halogenated alkanes) is 7. The van der Waals surface area contributed by atoms with E-state index in [2.05, 4.69) is 52.1 Å². The van der Waals surface area contributed by atoms with E-state index in [-0.39, 0.29) is 103 Å². The molecule has 0 aromatic rings. The van der Waals surface area contributed by atoms with Gasteiger partial charge in [0, 0.05) is 50.3 Å². The summed E-state index contributed by atoms with van der Waals surface area (Å²) < 4.78 is 126. The summed E-state index contributed by atoms with van der Waals surface area (Å²) in [6.07, 6.45) is 1.73. The fraction of sp³-hybridized carbons (Fsp3) is 0.761. The molecule has 0 aliphatic carbocycles. The van der Waals surface area contributed by atoms with Gasteiger partial charge in [-0.25, -0.2) is 22.3 Å². The van der Waals surface area contributed by atoms with Gasteiger partial charge in [0.1, 0.15) is 30.0 Å². The summed E-state index contributed by atoms with van der Waals surface area (Å²) in [7, 11) is -12.0. The minimum Gasteiger partial charge on any atom is -0.343 e. The number of likely N-dealkylation sites (tertiary alicyclic amines) is 2. The number of Topliss-reactive ketones (excluding diaryl/α,β-unsaturated/α-hetero) is 2. The fourth-order valence-electron chi connectivity index (χ4n) is 8.46. The molecule has 27 nitrogen and oxygen atoms in total. The minimum atomic E-state index is -5.99. The first kappa shape index (κ1) is 74.2. The van der Waals surface area contributed by atoms with Crippen LogP contribution in [0, 0.1) is 11.8 Å². The number of hydrazine groups is 1. The van der Waals surface area contributed by atoms with Gasteiger partial charge in [0.05, 0.1) is 12.1 Å². The zero-order valence-corrected chi connectivity index (χ0v) is 48.6. The zero-order chi connectivity index (χ0) is 62.9. The van der Waals surface area contributed by atoms with Gasteiger partial charge in [0.2, 0.25) is 53.2 Å². The lowest BCUT2D eigenvalue weighted by molar-refractivity contribution is -0.143. The van der Waals surface area contributed by atoms with Crippen LogP contribution in [0.4, 0.5) is 26.3 Å². The molecule has 2 aliphatic rings. The lowest BCUT2D eigenvalue weighted by Gasteiger charge is -2.25. The molecule has 2 unspecified atom stereocenters. The topological polar surface area (TPSA) is 425 Å². The number of nitrogens with two attached hydrogens (primary N) is 3. The van der Waals surface area contributed by atoms with Crippen LogP contribution in [0.2, 0.25) is 0 Å². The van der Waals surface area contributed by atoms with E-state index in [0.29, 0.717) is 43.4 Å². The van der Waals surface area contributed by atoms with E-state index in [4.69, 9.17) is 17.2 Å². The van der Waals surface area contributed by atoms with Gasteiger partial charge in [-0.2, -0.15) is 61.0 Å². The Kier molecular flexibility index (Phi) is 31.8. The number of hydrogen-bond donors (Lipinski definition) is 12. The molecule has 0 radical (unpaired) electrons. The Bertz CT molecular complexity index is 2520. The number of ketones is 2. The van der Waals surface area contributed by atoms with Crippen LogP contribution in [0.5, 0.6) is 0 Å². The predicted octanol–water partition coefficient (Wildman–Crippen LogP) is -1.54. The molecule has 2 aliphatic heterocycles. The zero-order valence-electron chi connectivity index (χ0n) is 45.2. The van der Waals surface area contributed by atoms with Crippen molar-refractivity contribution < 1.29 is 95.9 Å². The van der Waals surface area contributed by atoms with Gasteiger partial charge in [-0.05, 0) is 96.7 Å². The van der Waals surface area contributed by atoms with E-state index in [9.17, 15) is 95.9 Å². The van der Waals surface area contributed by atoms with Gasteiger partial charge in [0.25, 0.3) is 0 Å². The molecule has 0 bridgehead atoms. The second-order valence-electron chi connectivity index (χ2n) is 19.4. The van der Waals surface area contributed by atoms with Gasteiger partial charge >= 0.3 is 31.1 Å². The van der Waals surface area contributed by atoms with E-state index in [0.717, 1.165) is 9.62 Å². The Hall–Kier alpha value is -4.89. The lowest BCUT2D eigenvalue weighted by atomic mass is 9.98. The monoisotopic (exact) mass is 1280 g/mol. The maximum Gasteiger partial charge on any atom is 0.511 e. The van der Waals surface area contributed by atoms with Crippen LogP contribution < -0.4 is 53.4 Å². The summed E-state index contributed by atoms with van der Waals surface area (Å²) in [6.45, 7) is 0.252. The average Bonchev–Trinajstić information content (AvgIpc) is 4.15. The number of halogens is 6. The normalized spacial score (nSPS) is 17.9. The van der Waals surface area contributed by atoms with E-state index >= 15 is 0 Å². The van der Waals surface area contributed by atoms with Crippen LogP contribution in [0.25, 0.3) is 0 Å². The molecule has 37 heteroatoms. The highest BCUT2D eigenvalue weighted by Crippen LogP contribution is 2.28. The lowest BCUT2D eigenvalue weighted by Crippen LogP contribution is -2.58. The smallest absolute Gasteiger partial charge is 0.343 e. The quantitative estimate of drug-likeness (QED) is 0.00824. The summed E-state index contributed by atoms with van der Waals surface area (Å²) in [5, 5.41) is 7.48. The van der Waals surface area contributed by atoms with Crippen molar-refractivity contribution in [2.24, 2.45) is 29.0 Å². The van der Waals surface area contributed by atoms with E-state index in [1.54, 1.807) is 0 Å². The third kappa shape index (κ3) is 23.8. The first-order valence-corrected chi connectivity index (χ1v) is 30.8. The summed E-state index contributed by atoms with van der Waals surface area (Å²) >= 11 is 7.44. The highest BCUT2D eigenvalue weighted by atomic mass is 32.2. The number of carbonyl (C=O) groups excluding carboxylic acids is 11. The summed E-state index contributed by atoms with van der Waals surface area (Å²) in [5.41, 5.74) is 10.6. The van der Waals surface area contributed by atoms with Gasteiger partial charge in [0.15, 0.2) is 11.6 Å². The minimum absolute atomic E-state index is 0.0169. The van der Waals surface area contributed by atoms with Crippen molar-refractivity contribution in [1.29, 1.82) is 0 Å². The van der Waals surface area contributed by atoms with Gasteiger partial charge < -0.3 is 27.8 Å². The molecule has 2 saturated heterocycles. The number of sulfonamides is 2. The highest BCUT2D eigenvalue weighted by Gasteiger charge is 2.52. The first-order chi connectivity index (χ1) is 38.8. The number of rotatable bonds is 41. The van der Waals surface area contributed by atoms with Crippen LogP contribution >= 0.6 is 25.3 Å². The van der Waals surface area contributed by atoms with Crippen molar-refractivity contribution in [2.75, 3.05) is 44.2 Å². The Morgan fingerprint density at radius 2 is 0.867 bits per heavy atom. The molecular weight excluding hydrogens is 1200 g/mol. The second kappa shape index (κ2) is 35.5. The summed E-state index contributed by atoms with van der Waals surface area (Å²) in [5.74, 6) is -15.0. The number of thiol groups is 2. The molecule has 474 valence electrons. The Labute approximate surface area is 486 Å². The van der Waals surface area contributed by atoms with Crippen molar-refractivity contribution in [1.82, 2.24) is 46.0 Å². The predicted molar refractivity (Wildman–Crippen MR) is 289 cm³/mol. The summed E-state index contributed by atoms with van der Waals surface area (Å²) in [6, 6.07) is -7.79. The van der Waals surface area contributed by atoms with Crippen LogP contribution in [-0.2, 0) is 72.8 Å². The highest BCUT2D eigenvalue weighted by molar-refractivity contribution is 7.90. The van der Waals surface area contributed by atoms with Gasteiger partial charge in [-0.1, -0.05) is 19.3 Å². The number of nitrogens with one attached hydrogen (secondary N) is 7. The molecule has 0 saturated carbocycles. The van der Waals surface area contributed by atoms with Crippen LogP contribution in [0.15, 0.2) is 0 Å². The average molecular weight is 1280 g/mol. The molecule has 2 heterocycles. The molecular formula is C46H74F6N12O15S4. The van der Waals surface area contributed by atoms with Crippen molar-refractivity contribution in [2.45, 2.75) is 163 Å². The van der Waals surface area contributed by atoms with Crippen LogP contribution in [-0.4, -0.2) is 177 Å². The standard InChI is InChI=1S/C46H74F6N12O15S4/c47-45(48,49)82(76,77)61-32(25-80)38(69)27-23-36(67)63(43(27)74)21-11-1-3-16-34(65)58-41(72)30(14-6-9-19-54)56-40(71)29(13-5-8-18-53)57-42(73)31(15-7-10-20-55)59-60-35(66)17-4-2-12-22-64-37(68)24-28(44(64)75)39(70)33(26-81)62-83(78,79)46(50,51)52/h27-33,59,61-62,80-81H,1-26,53-55H2,(H,56,71)(H,57,73)(H,60,66)(H,58,65,72)/t27?,28?,29-,30-,31-,32-,33-/m0/s1. The third-order valence-corrected chi connectivity index (χ3v) is 16.2. The van der Waals surface area contributed by atoms with E-state index < -0.39 is 162 Å². The second-order valence-corrected chi connectivity index (χ2v) is 23.6. The number of amides is 9. The Balaban J connectivity index is 1.99. The van der Waals surface area contributed by atoms with Crippen molar-refractivity contribution in [3.05, 3.63) is 0 Å². The maximum absolute atomic E-state index is 13.9. The number of carbonyl (C=O) groups is 11. The van der Waals surface area contributed by atoms with Crippen molar-refractivity contribution >= 4 is 110 Å². The fourth-order valence-corrected chi connectivity index (χ4v) is 10.7. The number of imide groups is 3. The number of hydrogen-bond acceptors (Lipinski definition) is 21. The molecule has 2 rings (SSSR count). The molecule has 13 N–H and O–H groups in total. The number of nitrogens with zero attached hydrogens (tertiary/aromatic N) is 2. The maximum atomic E-state index is 13.9. The third-order valence-electron chi connectivity index (χ3n) is 13.1. The molecule has 0 aromatic heterocycles. The van der Waals surface area contributed by atoms with E-state index in [1.807, 2.05) is 0 Å². The molecule has 0 aromatic carbocycles. The number of alkyl halides is 6. The first-order valence-electron chi connectivity index (χ1n) is 26.6. The van der Waals surface area contributed by atoms with Crippen LogP contribution in [0.3, 0.4) is 0 Å². The molecule has 0 spiro atoms. The van der Waals surface area contributed by atoms with Crippen molar-refractivity contribution in [3.8, 4) is 0 Å². The van der Waals surface area contributed by atoms with Gasteiger partial charge in [-0.3, -0.25) is 73.3 Å². The van der Waals surface area contributed by atoms with Crippen LogP contribution in [0.1, 0.15) is 122 Å². The largest absolute Gasteiger partial charge is 0.511 e. The van der Waals surface area contributed by atoms with Crippen molar-refractivity contribution in [3.63, 3.8) is 0 Å². The molecule has 7 atom stereocenters.